The molecule has 0 unspecified atom stereocenters. The zero-order valence-electron chi connectivity index (χ0n) is 18.3. The van der Waals surface area contributed by atoms with Gasteiger partial charge in [0.1, 0.15) is 0 Å². The Morgan fingerprint density at radius 3 is 2.19 bits per heavy atom. The number of hydrogen-bond acceptors (Lipinski definition) is 4. The number of anilines is 2. The van der Waals surface area contributed by atoms with Gasteiger partial charge in [0.25, 0.3) is 15.9 Å². The SMILES string of the molecule is COc1ccc(S(=O)(=O)Nc2cccc(NC(=O)c3ccc(C(C)(C)C)cc3)c2)cc1F. The molecular formula is C24H25FN2O4S. The largest absolute Gasteiger partial charge is 0.494 e. The molecule has 3 aromatic rings. The molecular weight excluding hydrogens is 431 g/mol. The van der Waals surface area contributed by atoms with Crippen LogP contribution in [0.4, 0.5) is 15.8 Å². The van der Waals surface area contributed by atoms with E-state index in [0.717, 1.165) is 11.6 Å². The Morgan fingerprint density at radius 2 is 1.59 bits per heavy atom. The number of sulfonamides is 1. The molecule has 0 heterocycles. The van der Waals surface area contributed by atoms with Crippen LogP contribution < -0.4 is 14.8 Å². The summed E-state index contributed by atoms with van der Waals surface area (Å²) >= 11 is 0. The van der Waals surface area contributed by atoms with Crippen molar-refractivity contribution in [1.82, 2.24) is 0 Å². The zero-order chi connectivity index (χ0) is 23.5. The van der Waals surface area contributed by atoms with Crippen LogP contribution in [0.3, 0.4) is 0 Å². The van der Waals surface area contributed by atoms with Gasteiger partial charge < -0.3 is 10.1 Å². The van der Waals surface area contributed by atoms with Crippen molar-refractivity contribution < 1.29 is 22.3 Å². The summed E-state index contributed by atoms with van der Waals surface area (Å²) in [5.74, 6) is -1.15. The quantitative estimate of drug-likeness (QED) is 0.535. The molecule has 0 aromatic heterocycles. The number of halogens is 1. The topological polar surface area (TPSA) is 84.5 Å². The van der Waals surface area contributed by atoms with Crippen molar-refractivity contribution in [3.63, 3.8) is 0 Å². The third-order valence-electron chi connectivity index (χ3n) is 4.82. The summed E-state index contributed by atoms with van der Waals surface area (Å²) < 4.78 is 46.3. The lowest BCUT2D eigenvalue weighted by atomic mass is 9.87. The van der Waals surface area contributed by atoms with Crippen LogP contribution in [0.5, 0.6) is 5.75 Å². The lowest BCUT2D eigenvalue weighted by Crippen LogP contribution is -2.15. The summed E-state index contributed by atoms with van der Waals surface area (Å²) in [7, 11) is -2.74. The van der Waals surface area contributed by atoms with E-state index in [1.807, 2.05) is 12.1 Å². The highest BCUT2D eigenvalue weighted by Gasteiger charge is 2.18. The third-order valence-corrected chi connectivity index (χ3v) is 6.20. The van der Waals surface area contributed by atoms with Crippen LogP contribution in [0.25, 0.3) is 0 Å². The molecule has 0 aliphatic carbocycles. The van der Waals surface area contributed by atoms with Crippen molar-refractivity contribution in [2.75, 3.05) is 17.1 Å². The maximum Gasteiger partial charge on any atom is 0.262 e. The van der Waals surface area contributed by atoms with Crippen LogP contribution in [0, 0.1) is 5.82 Å². The van der Waals surface area contributed by atoms with Crippen molar-refractivity contribution in [2.45, 2.75) is 31.1 Å². The summed E-state index contributed by atoms with van der Waals surface area (Å²) in [4.78, 5) is 12.3. The van der Waals surface area contributed by atoms with Gasteiger partial charge in [-0.2, -0.15) is 0 Å². The number of amides is 1. The molecule has 0 fully saturated rings. The highest BCUT2D eigenvalue weighted by Crippen LogP contribution is 2.25. The number of benzene rings is 3. The Labute approximate surface area is 187 Å². The van der Waals surface area contributed by atoms with Gasteiger partial charge in [0.15, 0.2) is 11.6 Å². The van der Waals surface area contributed by atoms with E-state index >= 15 is 0 Å². The van der Waals surface area contributed by atoms with Gasteiger partial charge in [0, 0.05) is 11.3 Å². The molecule has 2 N–H and O–H groups in total. The molecule has 32 heavy (non-hydrogen) atoms. The van der Waals surface area contributed by atoms with Gasteiger partial charge in [-0.15, -0.1) is 0 Å². The molecule has 0 saturated carbocycles. The number of carbonyl (C=O) groups is 1. The molecule has 0 spiro atoms. The number of ether oxygens (including phenoxy) is 1. The van der Waals surface area contributed by atoms with Crippen molar-refractivity contribution in [2.24, 2.45) is 0 Å². The van der Waals surface area contributed by atoms with E-state index in [1.54, 1.807) is 24.3 Å². The summed E-state index contributed by atoms with van der Waals surface area (Å²) in [6.07, 6.45) is 0. The average molecular weight is 457 g/mol. The number of nitrogens with one attached hydrogen (secondary N) is 2. The van der Waals surface area contributed by atoms with Gasteiger partial charge in [0.05, 0.1) is 17.7 Å². The summed E-state index contributed by atoms with van der Waals surface area (Å²) in [5.41, 5.74) is 2.21. The lowest BCUT2D eigenvalue weighted by Gasteiger charge is -2.19. The Balaban J connectivity index is 1.75. The van der Waals surface area contributed by atoms with Gasteiger partial charge in [-0.05, 0) is 59.5 Å². The smallest absolute Gasteiger partial charge is 0.262 e. The Bertz CT molecular complexity index is 1230. The molecule has 1 amide bonds. The minimum atomic E-state index is -4.04. The van der Waals surface area contributed by atoms with Crippen LogP contribution in [-0.2, 0) is 15.4 Å². The zero-order valence-corrected chi connectivity index (χ0v) is 19.1. The first-order valence-corrected chi connectivity index (χ1v) is 11.4. The summed E-state index contributed by atoms with van der Waals surface area (Å²) in [6, 6.07) is 17.0. The first kappa shape index (κ1) is 23.3. The first-order valence-electron chi connectivity index (χ1n) is 9.88. The van der Waals surface area contributed by atoms with Crippen LogP contribution in [0.2, 0.25) is 0 Å². The van der Waals surface area contributed by atoms with Gasteiger partial charge in [0.2, 0.25) is 0 Å². The second-order valence-corrected chi connectivity index (χ2v) is 9.95. The van der Waals surface area contributed by atoms with Crippen LogP contribution in [-0.4, -0.2) is 21.4 Å². The van der Waals surface area contributed by atoms with Gasteiger partial charge in [-0.1, -0.05) is 39.0 Å². The predicted molar refractivity (Wildman–Crippen MR) is 123 cm³/mol. The third kappa shape index (κ3) is 5.45. The highest BCUT2D eigenvalue weighted by molar-refractivity contribution is 7.92. The van der Waals surface area contributed by atoms with Crippen molar-refractivity contribution in [3.05, 3.63) is 83.7 Å². The molecule has 0 atom stereocenters. The molecule has 0 saturated heterocycles. The number of rotatable bonds is 6. The van der Waals surface area contributed by atoms with E-state index in [4.69, 9.17) is 4.74 Å². The molecule has 3 rings (SSSR count). The van der Waals surface area contributed by atoms with Crippen LogP contribution >= 0.6 is 0 Å². The number of hydrogen-bond donors (Lipinski definition) is 2. The Morgan fingerprint density at radius 1 is 0.938 bits per heavy atom. The molecule has 6 nitrogen and oxygen atoms in total. The van der Waals surface area contributed by atoms with Crippen molar-refractivity contribution in [3.8, 4) is 5.75 Å². The monoisotopic (exact) mass is 456 g/mol. The minimum absolute atomic E-state index is 0.0205. The van der Waals surface area contributed by atoms with Crippen molar-refractivity contribution >= 4 is 27.3 Å². The van der Waals surface area contributed by atoms with Gasteiger partial charge >= 0.3 is 0 Å². The van der Waals surface area contributed by atoms with E-state index in [9.17, 15) is 17.6 Å². The number of carbonyl (C=O) groups excluding carboxylic acids is 1. The maximum absolute atomic E-state index is 13.9. The fourth-order valence-corrected chi connectivity index (χ4v) is 4.07. The first-order chi connectivity index (χ1) is 15.0. The van der Waals surface area contributed by atoms with Crippen LogP contribution in [0.15, 0.2) is 71.6 Å². The molecule has 3 aromatic carbocycles. The summed E-state index contributed by atoms with van der Waals surface area (Å²) in [6.45, 7) is 6.28. The lowest BCUT2D eigenvalue weighted by molar-refractivity contribution is 0.102. The van der Waals surface area contributed by atoms with Crippen molar-refractivity contribution in [1.29, 1.82) is 0 Å². The second kappa shape index (κ2) is 9.00. The molecule has 8 heteroatoms. The fraction of sp³-hybridized carbons (Fsp3) is 0.208. The predicted octanol–water partition coefficient (Wildman–Crippen LogP) is 5.18. The Hall–Kier alpha value is -3.39. The highest BCUT2D eigenvalue weighted by atomic mass is 32.2. The normalized spacial score (nSPS) is 11.7. The molecule has 0 aliphatic rings. The van der Waals surface area contributed by atoms with E-state index in [-0.39, 0.29) is 27.7 Å². The van der Waals surface area contributed by atoms with Crippen LogP contribution in [0.1, 0.15) is 36.7 Å². The second-order valence-electron chi connectivity index (χ2n) is 8.26. The molecule has 0 radical (unpaired) electrons. The molecule has 0 bridgehead atoms. The molecule has 0 aliphatic heterocycles. The van der Waals surface area contributed by atoms with Gasteiger partial charge in [-0.25, -0.2) is 12.8 Å². The standard InChI is InChI=1S/C24H25FN2O4S/c1-24(2,3)17-10-8-16(9-11-17)23(28)26-18-6-5-7-19(14-18)27-32(29,30)20-12-13-22(31-4)21(25)15-20/h5-15,27H,1-4H3,(H,26,28). The van der Waals surface area contributed by atoms with Gasteiger partial charge in [-0.3, -0.25) is 9.52 Å². The maximum atomic E-state index is 13.9. The van der Waals surface area contributed by atoms with E-state index in [1.165, 1.54) is 31.4 Å². The summed E-state index contributed by atoms with van der Waals surface area (Å²) in [5, 5.41) is 2.76. The van der Waals surface area contributed by atoms with E-state index < -0.39 is 15.8 Å². The average Bonchev–Trinajstić information content (AvgIpc) is 2.73. The number of methoxy groups -OCH3 is 1. The minimum Gasteiger partial charge on any atom is -0.494 e. The van der Waals surface area contributed by atoms with E-state index in [0.29, 0.717) is 11.3 Å². The molecule has 168 valence electrons. The van der Waals surface area contributed by atoms with E-state index in [2.05, 4.69) is 30.8 Å². The fourth-order valence-electron chi connectivity index (χ4n) is 3.01. The Kier molecular flexibility index (Phi) is 6.55.